The summed E-state index contributed by atoms with van der Waals surface area (Å²) in [6, 6.07) is 20.9. The van der Waals surface area contributed by atoms with Gasteiger partial charge in [-0.1, -0.05) is 42.5 Å². The molecule has 0 aliphatic heterocycles. The van der Waals surface area contributed by atoms with Crippen molar-refractivity contribution in [3.63, 3.8) is 0 Å². The number of fused-ring (bicyclic) bond motifs is 8. The first-order valence-corrected chi connectivity index (χ1v) is 6.96. The van der Waals surface area contributed by atoms with E-state index in [1.807, 2.05) is 6.07 Å². The van der Waals surface area contributed by atoms with Crippen molar-refractivity contribution in [1.29, 1.82) is 0 Å². The average molecular weight is 269 g/mol. The van der Waals surface area contributed by atoms with Crippen LogP contribution in [0.5, 0.6) is 0 Å². The van der Waals surface area contributed by atoms with Crippen LogP contribution in [0.15, 0.2) is 66.9 Å². The molecule has 0 saturated heterocycles. The van der Waals surface area contributed by atoms with Gasteiger partial charge in [0.15, 0.2) is 5.65 Å². The van der Waals surface area contributed by atoms with Gasteiger partial charge in [0.1, 0.15) is 5.65 Å². The third-order valence-electron chi connectivity index (χ3n) is 4.03. The van der Waals surface area contributed by atoms with Gasteiger partial charge < -0.3 is 0 Å². The van der Waals surface area contributed by atoms with Crippen LogP contribution in [-0.4, -0.2) is 14.4 Å². The summed E-state index contributed by atoms with van der Waals surface area (Å²) in [6.07, 6.45) is 1.79. The molecular weight excluding hydrogens is 258 g/mol. The smallest absolute Gasteiger partial charge is 0.178 e. The molecule has 3 heteroatoms. The molecule has 3 nitrogen and oxygen atoms in total. The topological polar surface area (TPSA) is 30.2 Å². The molecule has 21 heavy (non-hydrogen) atoms. The Bertz CT molecular complexity index is 1140. The van der Waals surface area contributed by atoms with Gasteiger partial charge in [0, 0.05) is 17.0 Å². The Morgan fingerprint density at radius 3 is 2.29 bits per heavy atom. The molecule has 0 aliphatic carbocycles. The second-order valence-corrected chi connectivity index (χ2v) is 5.18. The fraction of sp³-hybridized carbons (Fsp3) is 0. The number of imidazole rings is 1. The number of hydrogen-bond donors (Lipinski definition) is 0. The van der Waals surface area contributed by atoms with Crippen LogP contribution in [0.4, 0.5) is 0 Å². The van der Waals surface area contributed by atoms with E-state index in [0.717, 1.165) is 22.2 Å². The summed E-state index contributed by atoms with van der Waals surface area (Å²) in [5, 5.41) is 3.63. The van der Waals surface area contributed by atoms with E-state index in [0.29, 0.717) is 0 Å². The highest BCUT2D eigenvalue weighted by Crippen LogP contribution is 2.31. The summed E-state index contributed by atoms with van der Waals surface area (Å²) in [6.45, 7) is 0. The number of rotatable bonds is 0. The van der Waals surface area contributed by atoms with Gasteiger partial charge in [0.25, 0.3) is 0 Å². The van der Waals surface area contributed by atoms with Crippen molar-refractivity contribution < 1.29 is 0 Å². The van der Waals surface area contributed by atoms with E-state index in [1.54, 1.807) is 6.20 Å². The van der Waals surface area contributed by atoms with Crippen molar-refractivity contribution in [1.82, 2.24) is 14.4 Å². The lowest BCUT2D eigenvalue weighted by Crippen LogP contribution is -1.90. The quantitative estimate of drug-likeness (QED) is 0.395. The van der Waals surface area contributed by atoms with Crippen LogP contribution in [0.1, 0.15) is 0 Å². The first-order valence-electron chi connectivity index (χ1n) is 6.96. The average Bonchev–Trinajstić information content (AvgIpc) is 2.95. The van der Waals surface area contributed by atoms with E-state index in [4.69, 9.17) is 4.98 Å². The SMILES string of the molecule is c1ccc2c(c1)c1ccccc1n1c3cccnc3nc21. The van der Waals surface area contributed by atoms with Gasteiger partial charge >= 0.3 is 0 Å². The molecule has 0 N–H and O–H groups in total. The van der Waals surface area contributed by atoms with Crippen LogP contribution in [-0.2, 0) is 0 Å². The molecule has 98 valence electrons. The van der Waals surface area contributed by atoms with Gasteiger partial charge in [0.05, 0.1) is 11.0 Å². The third kappa shape index (κ3) is 1.32. The number of aromatic nitrogens is 3. The molecule has 3 heterocycles. The number of hydrogen-bond acceptors (Lipinski definition) is 2. The van der Waals surface area contributed by atoms with E-state index in [1.165, 1.54) is 16.3 Å². The second-order valence-electron chi connectivity index (χ2n) is 5.18. The largest absolute Gasteiger partial charge is 0.290 e. The maximum atomic E-state index is 4.75. The summed E-state index contributed by atoms with van der Waals surface area (Å²) < 4.78 is 2.21. The zero-order chi connectivity index (χ0) is 13.8. The lowest BCUT2D eigenvalue weighted by atomic mass is 10.1. The molecule has 0 amide bonds. The highest BCUT2D eigenvalue weighted by atomic mass is 15.1. The first-order chi connectivity index (χ1) is 10.4. The predicted octanol–water partition coefficient (Wildman–Crippen LogP) is 4.19. The molecule has 0 saturated carbocycles. The molecule has 0 atom stereocenters. The number of para-hydroxylation sites is 1. The summed E-state index contributed by atoms with van der Waals surface area (Å²) in [7, 11) is 0. The second kappa shape index (κ2) is 3.79. The zero-order valence-corrected chi connectivity index (χ0v) is 11.2. The zero-order valence-electron chi connectivity index (χ0n) is 11.2. The number of nitrogens with zero attached hydrogens (tertiary/aromatic N) is 3. The molecule has 0 fully saturated rings. The monoisotopic (exact) mass is 269 g/mol. The van der Waals surface area contributed by atoms with Crippen LogP contribution >= 0.6 is 0 Å². The van der Waals surface area contributed by atoms with Crippen molar-refractivity contribution in [2.24, 2.45) is 0 Å². The van der Waals surface area contributed by atoms with Gasteiger partial charge in [-0.15, -0.1) is 0 Å². The summed E-state index contributed by atoms with van der Waals surface area (Å²) >= 11 is 0. The Morgan fingerprint density at radius 1 is 0.667 bits per heavy atom. The Kier molecular flexibility index (Phi) is 1.95. The van der Waals surface area contributed by atoms with Crippen molar-refractivity contribution in [3.05, 3.63) is 66.9 Å². The first kappa shape index (κ1) is 10.8. The fourth-order valence-electron chi connectivity index (χ4n) is 3.15. The van der Waals surface area contributed by atoms with Crippen LogP contribution < -0.4 is 0 Å². The van der Waals surface area contributed by atoms with E-state index in [-0.39, 0.29) is 0 Å². The van der Waals surface area contributed by atoms with Crippen LogP contribution in [0.2, 0.25) is 0 Å². The molecule has 2 aromatic carbocycles. The maximum absolute atomic E-state index is 4.75. The minimum Gasteiger partial charge on any atom is -0.290 e. The van der Waals surface area contributed by atoms with Crippen LogP contribution in [0.25, 0.3) is 38.5 Å². The van der Waals surface area contributed by atoms with Gasteiger partial charge in [-0.3, -0.25) is 4.40 Å². The molecule has 0 bridgehead atoms. The van der Waals surface area contributed by atoms with Crippen molar-refractivity contribution in [2.75, 3.05) is 0 Å². The van der Waals surface area contributed by atoms with Gasteiger partial charge in [-0.05, 0) is 23.6 Å². The lowest BCUT2D eigenvalue weighted by molar-refractivity contribution is 1.31. The minimum absolute atomic E-state index is 0.791. The minimum atomic E-state index is 0.791. The Hall–Kier alpha value is -2.94. The van der Waals surface area contributed by atoms with Crippen LogP contribution in [0, 0.1) is 0 Å². The van der Waals surface area contributed by atoms with Gasteiger partial charge in [0.2, 0.25) is 0 Å². The summed E-state index contributed by atoms with van der Waals surface area (Å²) in [5.74, 6) is 0. The molecule has 0 unspecified atom stereocenters. The molecular formula is C18H11N3. The molecule has 0 spiro atoms. The standard InChI is InChI=1S/C18H11N3/c1-2-8-14-12(6-1)13-7-3-4-9-15(13)21-16-10-5-11-19-17(16)20-18(14)21/h1-11H. The molecule has 5 aromatic rings. The van der Waals surface area contributed by atoms with E-state index in [9.17, 15) is 0 Å². The number of benzene rings is 2. The van der Waals surface area contributed by atoms with Gasteiger partial charge in [-0.2, -0.15) is 0 Å². The highest BCUT2D eigenvalue weighted by molar-refractivity contribution is 6.13. The lowest BCUT2D eigenvalue weighted by Gasteiger charge is -2.08. The van der Waals surface area contributed by atoms with E-state index in [2.05, 4.69) is 64.0 Å². The summed E-state index contributed by atoms with van der Waals surface area (Å²) in [5.41, 5.74) is 3.98. The van der Waals surface area contributed by atoms with Crippen molar-refractivity contribution in [2.45, 2.75) is 0 Å². The Labute approximate surface area is 120 Å². The maximum Gasteiger partial charge on any atom is 0.178 e. The molecule has 0 aliphatic rings. The van der Waals surface area contributed by atoms with Crippen molar-refractivity contribution >= 4 is 38.5 Å². The predicted molar refractivity (Wildman–Crippen MR) is 85.5 cm³/mol. The fourth-order valence-corrected chi connectivity index (χ4v) is 3.15. The normalized spacial score (nSPS) is 11.8. The number of pyridine rings is 2. The third-order valence-corrected chi connectivity index (χ3v) is 4.03. The van der Waals surface area contributed by atoms with Crippen molar-refractivity contribution in [3.8, 4) is 0 Å². The van der Waals surface area contributed by atoms with E-state index >= 15 is 0 Å². The van der Waals surface area contributed by atoms with Gasteiger partial charge in [-0.25, -0.2) is 9.97 Å². The summed E-state index contributed by atoms with van der Waals surface area (Å²) in [4.78, 5) is 9.15. The molecule has 3 aromatic heterocycles. The Morgan fingerprint density at radius 2 is 1.38 bits per heavy atom. The Balaban J connectivity index is 2.25. The highest BCUT2D eigenvalue weighted by Gasteiger charge is 2.12. The molecule has 5 rings (SSSR count). The molecule has 0 radical (unpaired) electrons. The van der Waals surface area contributed by atoms with Crippen LogP contribution in [0.3, 0.4) is 0 Å². The van der Waals surface area contributed by atoms with E-state index < -0.39 is 0 Å².